The third kappa shape index (κ3) is 6.15. The molecule has 10 heteroatoms. The van der Waals surface area contributed by atoms with Gasteiger partial charge in [-0.3, -0.25) is 0 Å². The van der Waals surface area contributed by atoms with Gasteiger partial charge in [-0.25, -0.2) is 9.78 Å². The van der Waals surface area contributed by atoms with Gasteiger partial charge in [0.05, 0.1) is 39.0 Å². The van der Waals surface area contributed by atoms with Crippen LogP contribution in [0.5, 0.6) is 5.75 Å². The minimum atomic E-state index is -0.670. The molecule has 0 spiro atoms. The predicted octanol–water partition coefficient (Wildman–Crippen LogP) is 1.95. The molecule has 1 atom stereocenters. The number of aliphatic hydroxyl groups excluding tert-OH is 2. The van der Waals surface area contributed by atoms with E-state index in [1.165, 1.54) is 4.90 Å². The number of aromatic nitrogens is 3. The minimum Gasteiger partial charge on any atom is -0.493 e. The summed E-state index contributed by atoms with van der Waals surface area (Å²) in [5.74, 6) is 7.67. The molecule has 2 N–H and O–H groups in total. The zero-order chi connectivity index (χ0) is 23.9. The molecule has 1 fully saturated rings. The number of imidazole rings is 1. The van der Waals surface area contributed by atoms with E-state index in [1.807, 2.05) is 24.3 Å². The highest BCUT2D eigenvalue weighted by molar-refractivity contribution is 5.68. The average Bonchev–Trinajstić information content (AvgIpc) is 3.46. The first-order chi connectivity index (χ1) is 16.5. The Bertz CT molecular complexity index is 1150. The highest BCUT2D eigenvalue weighted by atomic mass is 16.6. The maximum atomic E-state index is 11.6. The molecule has 1 amide bonds. The second-order valence-corrected chi connectivity index (χ2v) is 7.92. The van der Waals surface area contributed by atoms with Crippen LogP contribution >= 0.6 is 0 Å². The van der Waals surface area contributed by atoms with Crippen molar-refractivity contribution in [2.75, 3.05) is 26.3 Å². The largest absolute Gasteiger partial charge is 0.493 e. The van der Waals surface area contributed by atoms with Crippen molar-refractivity contribution in [1.82, 2.24) is 19.6 Å². The summed E-state index contributed by atoms with van der Waals surface area (Å²) in [6, 6.07) is 9.08. The van der Waals surface area contributed by atoms with Gasteiger partial charge >= 0.3 is 6.09 Å². The minimum absolute atomic E-state index is 0.259. The molecule has 1 aliphatic rings. The SMILES string of the molecule is C[C@H](O)c1nccn1Cc1cc(C#Cc2ccc(OCCCOC(=O)N3CC(O)C3)cc2)on1. The van der Waals surface area contributed by atoms with Crippen LogP contribution in [0.25, 0.3) is 0 Å². The Morgan fingerprint density at radius 1 is 1.26 bits per heavy atom. The Hall–Kier alpha value is -3.81. The first-order valence-electron chi connectivity index (χ1n) is 11.0. The first-order valence-corrected chi connectivity index (χ1v) is 11.0. The van der Waals surface area contributed by atoms with E-state index in [2.05, 4.69) is 22.0 Å². The molecular weight excluding hydrogens is 440 g/mol. The van der Waals surface area contributed by atoms with E-state index >= 15 is 0 Å². The summed E-state index contributed by atoms with van der Waals surface area (Å²) in [7, 11) is 0. The van der Waals surface area contributed by atoms with Gasteiger partial charge in [-0.15, -0.1) is 0 Å². The molecule has 0 radical (unpaired) electrons. The van der Waals surface area contributed by atoms with Gasteiger partial charge in [-0.05, 0) is 37.1 Å². The fraction of sp³-hybridized carbons (Fsp3) is 0.375. The number of benzene rings is 1. The molecule has 1 saturated heterocycles. The van der Waals surface area contributed by atoms with E-state index in [0.717, 1.165) is 5.56 Å². The van der Waals surface area contributed by atoms with Gasteiger partial charge in [-0.2, -0.15) is 0 Å². The van der Waals surface area contributed by atoms with E-state index < -0.39 is 18.3 Å². The average molecular weight is 466 g/mol. The molecule has 0 bridgehead atoms. The third-order valence-electron chi connectivity index (χ3n) is 5.10. The highest BCUT2D eigenvalue weighted by Crippen LogP contribution is 2.14. The van der Waals surface area contributed by atoms with Gasteiger partial charge in [0, 0.05) is 30.4 Å². The molecule has 0 unspecified atom stereocenters. The van der Waals surface area contributed by atoms with Crippen LogP contribution in [0.4, 0.5) is 4.79 Å². The molecule has 10 nitrogen and oxygen atoms in total. The number of amides is 1. The molecule has 1 aliphatic heterocycles. The summed E-state index contributed by atoms with van der Waals surface area (Å²) in [5.41, 5.74) is 1.48. The summed E-state index contributed by atoms with van der Waals surface area (Å²) >= 11 is 0. The number of carbonyl (C=O) groups excluding carboxylic acids is 1. The van der Waals surface area contributed by atoms with Crippen molar-refractivity contribution in [2.24, 2.45) is 0 Å². The predicted molar refractivity (Wildman–Crippen MR) is 120 cm³/mol. The number of nitrogens with zero attached hydrogens (tertiary/aromatic N) is 4. The molecule has 0 saturated carbocycles. The normalized spacial score (nSPS) is 14.1. The third-order valence-corrected chi connectivity index (χ3v) is 5.10. The van der Waals surface area contributed by atoms with Crippen LogP contribution in [0.1, 0.15) is 42.3 Å². The second kappa shape index (κ2) is 10.9. The van der Waals surface area contributed by atoms with Crippen LogP contribution in [0.15, 0.2) is 47.2 Å². The van der Waals surface area contributed by atoms with Gasteiger partial charge in [0.2, 0.25) is 5.76 Å². The Balaban J connectivity index is 1.20. The number of carbonyl (C=O) groups is 1. The van der Waals surface area contributed by atoms with Crippen molar-refractivity contribution in [2.45, 2.75) is 32.1 Å². The maximum Gasteiger partial charge on any atom is 0.409 e. The fourth-order valence-electron chi connectivity index (χ4n) is 3.31. The summed E-state index contributed by atoms with van der Waals surface area (Å²) in [4.78, 5) is 17.2. The van der Waals surface area contributed by atoms with Crippen LogP contribution in [0.2, 0.25) is 0 Å². The van der Waals surface area contributed by atoms with Crippen LogP contribution in [0.3, 0.4) is 0 Å². The standard InChI is InChI=1S/C24H26N4O6/c1-17(29)23-25-9-10-27(23)14-19-13-22(34-26-19)8-5-18-3-6-21(7-4-18)32-11-2-12-33-24(31)28-15-20(30)16-28/h3-4,6-7,9-10,13,17,20,29-30H,2,11-12,14-16H2,1H3/t17-/m0/s1. The Labute approximate surface area is 196 Å². The summed E-state index contributed by atoms with van der Waals surface area (Å²) in [6.07, 6.45) is 2.46. The molecule has 4 rings (SSSR count). The number of rotatable bonds is 8. The zero-order valence-electron chi connectivity index (χ0n) is 18.8. The highest BCUT2D eigenvalue weighted by Gasteiger charge is 2.29. The van der Waals surface area contributed by atoms with Crippen LogP contribution in [0, 0.1) is 11.8 Å². The van der Waals surface area contributed by atoms with Gasteiger partial charge in [-0.1, -0.05) is 11.1 Å². The fourth-order valence-corrected chi connectivity index (χ4v) is 3.31. The van der Waals surface area contributed by atoms with E-state index in [1.54, 1.807) is 30.0 Å². The molecule has 2 aromatic heterocycles. The van der Waals surface area contributed by atoms with Crippen LogP contribution < -0.4 is 4.74 Å². The van der Waals surface area contributed by atoms with Gasteiger partial charge in [0.25, 0.3) is 0 Å². The topological polar surface area (TPSA) is 123 Å². The molecule has 0 aliphatic carbocycles. The van der Waals surface area contributed by atoms with E-state index in [0.29, 0.717) is 55.7 Å². The van der Waals surface area contributed by atoms with Crippen LogP contribution in [-0.2, 0) is 11.3 Å². The summed E-state index contributed by atoms with van der Waals surface area (Å²) in [6.45, 7) is 3.42. The number of aliphatic hydroxyl groups is 2. The van der Waals surface area contributed by atoms with Crippen LogP contribution in [-0.4, -0.2) is 68.3 Å². The second-order valence-electron chi connectivity index (χ2n) is 7.92. The monoisotopic (exact) mass is 466 g/mol. The molecule has 3 heterocycles. The van der Waals surface area contributed by atoms with Gasteiger partial charge < -0.3 is 33.7 Å². The van der Waals surface area contributed by atoms with Gasteiger partial charge in [0.15, 0.2) is 0 Å². The lowest BCUT2D eigenvalue weighted by Crippen LogP contribution is -2.53. The number of β-amino-alcohol motifs (C(OH)–C–C–N with tert-alkyl or cyclic N) is 1. The Morgan fingerprint density at radius 3 is 2.79 bits per heavy atom. The molecule has 1 aromatic carbocycles. The van der Waals surface area contributed by atoms with Crippen molar-refractivity contribution in [3.8, 4) is 17.6 Å². The Kier molecular flexibility index (Phi) is 7.47. The number of hydrogen-bond donors (Lipinski definition) is 2. The maximum absolute atomic E-state index is 11.6. The lowest BCUT2D eigenvalue weighted by molar-refractivity contribution is -0.00281. The lowest BCUT2D eigenvalue weighted by Gasteiger charge is -2.34. The van der Waals surface area contributed by atoms with Crippen molar-refractivity contribution < 1.29 is 29.0 Å². The molecule has 3 aromatic rings. The van der Waals surface area contributed by atoms with E-state index in [4.69, 9.17) is 14.0 Å². The van der Waals surface area contributed by atoms with Crippen molar-refractivity contribution in [3.05, 3.63) is 65.6 Å². The number of ether oxygens (including phenoxy) is 2. The van der Waals surface area contributed by atoms with E-state index in [-0.39, 0.29) is 6.61 Å². The molecular formula is C24H26N4O6. The molecule has 34 heavy (non-hydrogen) atoms. The summed E-state index contributed by atoms with van der Waals surface area (Å²) < 4.78 is 17.9. The smallest absolute Gasteiger partial charge is 0.409 e. The number of hydrogen-bond acceptors (Lipinski definition) is 8. The van der Waals surface area contributed by atoms with Crippen molar-refractivity contribution in [1.29, 1.82) is 0 Å². The van der Waals surface area contributed by atoms with Gasteiger partial charge in [0.1, 0.15) is 23.4 Å². The van der Waals surface area contributed by atoms with Crippen molar-refractivity contribution in [3.63, 3.8) is 0 Å². The summed E-state index contributed by atoms with van der Waals surface area (Å²) in [5, 5.41) is 23.0. The van der Waals surface area contributed by atoms with E-state index in [9.17, 15) is 15.0 Å². The Morgan fingerprint density at radius 2 is 2.06 bits per heavy atom. The zero-order valence-corrected chi connectivity index (χ0v) is 18.8. The number of likely N-dealkylation sites (tertiary alicyclic amines) is 1. The quantitative estimate of drug-likeness (QED) is 0.382. The van der Waals surface area contributed by atoms with Crippen molar-refractivity contribution >= 4 is 6.09 Å². The molecule has 178 valence electrons. The lowest BCUT2D eigenvalue weighted by atomic mass is 10.2. The first kappa shape index (κ1) is 23.4.